The molecule has 1 aromatic carbocycles. The van der Waals surface area contributed by atoms with Gasteiger partial charge in [0.1, 0.15) is 5.75 Å². The molecule has 0 spiro atoms. The number of aromatic nitrogens is 1. The molecule has 28 heavy (non-hydrogen) atoms. The lowest BCUT2D eigenvalue weighted by atomic mass is 9.87. The number of ether oxygens (including phenoxy) is 4. The molecule has 0 radical (unpaired) electrons. The number of aromatic hydroxyl groups is 1. The Hall–Kier alpha value is -3.16. The molecule has 2 N–H and O–H groups in total. The summed E-state index contributed by atoms with van der Waals surface area (Å²) in [6.45, 7) is 3.55. The van der Waals surface area contributed by atoms with Crippen molar-refractivity contribution in [1.29, 1.82) is 0 Å². The van der Waals surface area contributed by atoms with Crippen molar-refractivity contribution in [2.45, 2.75) is 26.2 Å². The number of hydrogen-bond acceptors (Lipinski definition) is 7. The SMILES string of the molecule is CCOC(=O)C[C@@H](c1ccc(OC)c(OC)c1OC)c1c(O)cc(C)[nH]c1=O. The van der Waals surface area contributed by atoms with Crippen molar-refractivity contribution < 1.29 is 28.8 Å². The predicted molar refractivity (Wildman–Crippen MR) is 103 cm³/mol. The molecule has 8 heteroatoms. The normalized spacial score (nSPS) is 11.6. The van der Waals surface area contributed by atoms with Crippen LogP contribution in [0.5, 0.6) is 23.0 Å². The average molecular weight is 391 g/mol. The second kappa shape index (κ2) is 9.16. The van der Waals surface area contributed by atoms with Crippen molar-refractivity contribution in [2.24, 2.45) is 0 Å². The summed E-state index contributed by atoms with van der Waals surface area (Å²) in [5.41, 5.74) is 0.533. The highest BCUT2D eigenvalue weighted by Gasteiger charge is 2.30. The molecule has 0 saturated heterocycles. The van der Waals surface area contributed by atoms with Crippen molar-refractivity contribution in [3.05, 3.63) is 45.4 Å². The number of aromatic amines is 1. The summed E-state index contributed by atoms with van der Waals surface area (Å²) in [6, 6.07) is 4.75. The van der Waals surface area contributed by atoms with Crippen LogP contribution < -0.4 is 19.8 Å². The van der Waals surface area contributed by atoms with Crippen LogP contribution in [0.2, 0.25) is 0 Å². The molecule has 0 unspecified atom stereocenters. The Bertz CT molecular complexity index is 904. The summed E-state index contributed by atoms with van der Waals surface area (Å²) in [4.78, 5) is 27.5. The number of methoxy groups -OCH3 is 3. The third-order valence-corrected chi connectivity index (χ3v) is 4.32. The number of benzene rings is 1. The van der Waals surface area contributed by atoms with Gasteiger partial charge in [-0.15, -0.1) is 0 Å². The van der Waals surface area contributed by atoms with Crippen LogP contribution in [0.4, 0.5) is 0 Å². The van der Waals surface area contributed by atoms with Crippen LogP contribution in [-0.2, 0) is 9.53 Å². The topological polar surface area (TPSA) is 107 Å². The minimum Gasteiger partial charge on any atom is -0.507 e. The summed E-state index contributed by atoms with van der Waals surface area (Å²) in [5, 5.41) is 10.5. The number of hydrogen-bond donors (Lipinski definition) is 2. The van der Waals surface area contributed by atoms with Crippen LogP contribution in [0.25, 0.3) is 0 Å². The molecule has 2 rings (SSSR count). The number of aryl methyl sites for hydroxylation is 1. The minimum absolute atomic E-state index is 0.0455. The van der Waals surface area contributed by atoms with E-state index in [1.165, 1.54) is 27.4 Å². The van der Waals surface area contributed by atoms with Crippen LogP contribution in [0.1, 0.15) is 36.1 Å². The zero-order valence-corrected chi connectivity index (χ0v) is 16.6. The van der Waals surface area contributed by atoms with Crippen molar-refractivity contribution in [2.75, 3.05) is 27.9 Å². The molecule has 1 heterocycles. The molecule has 0 aliphatic carbocycles. The zero-order chi connectivity index (χ0) is 20.8. The number of rotatable bonds is 8. The molecule has 2 aromatic rings. The van der Waals surface area contributed by atoms with E-state index in [0.717, 1.165) is 0 Å². The quantitative estimate of drug-likeness (QED) is 0.666. The van der Waals surface area contributed by atoms with E-state index in [0.29, 0.717) is 28.5 Å². The standard InChI is InChI=1S/C20H25NO7/c1-6-28-16(23)10-13(17-14(22)9-11(2)21-20(17)24)12-7-8-15(25-3)19(27-5)18(12)26-4/h7-9,13H,6,10H2,1-5H3,(H2,21,22,24)/t13-/m0/s1. The van der Waals surface area contributed by atoms with Crippen molar-refractivity contribution >= 4 is 5.97 Å². The van der Waals surface area contributed by atoms with E-state index in [-0.39, 0.29) is 24.3 Å². The first-order valence-electron chi connectivity index (χ1n) is 8.75. The minimum atomic E-state index is -0.821. The molecule has 0 fully saturated rings. The van der Waals surface area contributed by atoms with E-state index in [2.05, 4.69) is 4.98 Å². The van der Waals surface area contributed by atoms with Gasteiger partial charge in [-0.1, -0.05) is 6.07 Å². The molecule has 1 atom stereocenters. The van der Waals surface area contributed by atoms with Gasteiger partial charge in [0, 0.05) is 17.2 Å². The van der Waals surface area contributed by atoms with Crippen molar-refractivity contribution in [3.63, 3.8) is 0 Å². The highest BCUT2D eigenvalue weighted by atomic mass is 16.5. The lowest BCUT2D eigenvalue weighted by Gasteiger charge is -2.22. The maximum Gasteiger partial charge on any atom is 0.306 e. The van der Waals surface area contributed by atoms with Gasteiger partial charge in [-0.05, 0) is 26.0 Å². The molecule has 0 aliphatic heterocycles. The summed E-state index contributed by atoms with van der Waals surface area (Å²) < 4.78 is 21.3. The highest BCUT2D eigenvalue weighted by Crippen LogP contribution is 2.45. The number of carbonyl (C=O) groups is 1. The Kier molecular flexibility index (Phi) is 6.92. The summed E-state index contributed by atoms with van der Waals surface area (Å²) in [6.07, 6.45) is -0.167. The van der Waals surface area contributed by atoms with Crippen molar-refractivity contribution in [1.82, 2.24) is 4.98 Å². The second-order valence-electron chi connectivity index (χ2n) is 6.07. The molecular formula is C20H25NO7. The fourth-order valence-electron chi connectivity index (χ4n) is 3.17. The van der Waals surface area contributed by atoms with Gasteiger partial charge in [0.2, 0.25) is 5.75 Å². The Morgan fingerprint density at radius 1 is 1.14 bits per heavy atom. The molecule has 1 aromatic heterocycles. The van der Waals surface area contributed by atoms with Gasteiger partial charge in [0.25, 0.3) is 5.56 Å². The molecule has 152 valence electrons. The largest absolute Gasteiger partial charge is 0.507 e. The molecular weight excluding hydrogens is 366 g/mol. The summed E-state index contributed by atoms with van der Waals surface area (Å²) >= 11 is 0. The third kappa shape index (κ3) is 4.21. The lowest BCUT2D eigenvalue weighted by molar-refractivity contribution is -0.143. The molecule has 0 bridgehead atoms. The molecule has 0 aliphatic rings. The first-order chi connectivity index (χ1) is 13.4. The van der Waals surface area contributed by atoms with E-state index in [1.54, 1.807) is 26.0 Å². The van der Waals surface area contributed by atoms with Crippen LogP contribution in [0.3, 0.4) is 0 Å². The first-order valence-corrected chi connectivity index (χ1v) is 8.75. The number of esters is 1. The maximum atomic E-state index is 12.6. The Morgan fingerprint density at radius 3 is 2.36 bits per heavy atom. The Balaban J connectivity index is 2.74. The monoisotopic (exact) mass is 391 g/mol. The summed E-state index contributed by atoms with van der Waals surface area (Å²) in [5.74, 6) is -0.496. The smallest absolute Gasteiger partial charge is 0.306 e. The van der Waals surface area contributed by atoms with Crippen LogP contribution in [0, 0.1) is 6.92 Å². The second-order valence-corrected chi connectivity index (χ2v) is 6.07. The number of nitrogens with one attached hydrogen (secondary N) is 1. The maximum absolute atomic E-state index is 12.6. The fraction of sp³-hybridized carbons (Fsp3) is 0.400. The van der Waals surface area contributed by atoms with Crippen LogP contribution in [0.15, 0.2) is 23.0 Å². The lowest BCUT2D eigenvalue weighted by Crippen LogP contribution is -2.21. The van der Waals surface area contributed by atoms with E-state index >= 15 is 0 Å². The van der Waals surface area contributed by atoms with Gasteiger partial charge in [-0.2, -0.15) is 0 Å². The average Bonchev–Trinajstić information content (AvgIpc) is 2.65. The van der Waals surface area contributed by atoms with E-state index in [1.807, 2.05) is 0 Å². The van der Waals surface area contributed by atoms with Gasteiger partial charge in [-0.3, -0.25) is 9.59 Å². The van der Waals surface area contributed by atoms with Crippen LogP contribution in [-0.4, -0.2) is 44.0 Å². The van der Waals surface area contributed by atoms with Crippen LogP contribution >= 0.6 is 0 Å². The predicted octanol–water partition coefficient (Wildman–Crippen LogP) is 2.50. The summed E-state index contributed by atoms with van der Waals surface area (Å²) in [7, 11) is 4.39. The Morgan fingerprint density at radius 2 is 1.82 bits per heavy atom. The molecule has 0 saturated carbocycles. The van der Waals surface area contributed by atoms with Gasteiger partial charge in [-0.25, -0.2) is 0 Å². The van der Waals surface area contributed by atoms with E-state index in [9.17, 15) is 14.7 Å². The van der Waals surface area contributed by atoms with Gasteiger partial charge < -0.3 is 29.0 Å². The first kappa shape index (κ1) is 21.1. The zero-order valence-electron chi connectivity index (χ0n) is 16.6. The number of carbonyl (C=O) groups excluding carboxylic acids is 1. The molecule has 0 amide bonds. The number of pyridine rings is 1. The number of H-pyrrole nitrogens is 1. The van der Waals surface area contributed by atoms with Gasteiger partial charge in [0.05, 0.1) is 39.9 Å². The van der Waals surface area contributed by atoms with Crippen molar-refractivity contribution in [3.8, 4) is 23.0 Å². The fourth-order valence-corrected chi connectivity index (χ4v) is 3.17. The highest BCUT2D eigenvalue weighted by molar-refractivity contribution is 5.73. The third-order valence-electron chi connectivity index (χ3n) is 4.32. The van der Waals surface area contributed by atoms with E-state index in [4.69, 9.17) is 18.9 Å². The van der Waals surface area contributed by atoms with Gasteiger partial charge >= 0.3 is 5.97 Å². The van der Waals surface area contributed by atoms with E-state index < -0.39 is 17.4 Å². The molecule has 8 nitrogen and oxygen atoms in total. The Labute approximate surface area is 163 Å². The van der Waals surface area contributed by atoms with Gasteiger partial charge in [0.15, 0.2) is 11.5 Å².